The van der Waals surface area contributed by atoms with Crippen LogP contribution in [0.5, 0.6) is 0 Å². The molecule has 0 unspecified atom stereocenters. The Labute approximate surface area is 92.2 Å². The monoisotopic (exact) mass is 218 g/mol. The Bertz CT molecular complexity index is 236. The predicted molar refractivity (Wildman–Crippen MR) is 59.4 cm³/mol. The quantitative estimate of drug-likeness (QED) is 0.675. The molecular formula is C12H23FO2. The van der Waals surface area contributed by atoms with E-state index in [2.05, 4.69) is 0 Å². The molecular weight excluding hydrogens is 195 g/mol. The van der Waals surface area contributed by atoms with Crippen molar-refractivity contribution in [3.63, 3.8) is 0 Å². The van der Waals surface area contributed by atoms with Gasteiger partial charge in [0.25, 0.3) is 0 Å². The summed E-state index contributed by atoms with van der Waals surface area (Å²) >= 11 is 0. The second-order valence-electron chi connectivity index (χ2n) is 5.61. The van der Waals surface area contributed by atoms with Gasteiger partial charge in [-0.2, -0.15) is 0 Å². The Hall–Kier alpha value is -0.600. The van der Waals surface area contributed by atoms with Gasteiger partial charge in [0, 0.05) is 0 Å². The number of halogens is 1. The number of alkyl halides is 1. The van der Waals surface area contributed by atoms with E-state index in [0.29, 0.717) is 6.42 Å². The Kier molecular flexibility index (Phi) is 3.94. The molecule has 3 heteroatoms. The number of hydrogen-bond donors (Lipinski definition) is 0. The standard InChI is InChI=1S/C12H23FO2/c1-8-10(2,3)9(14)15-12(6,7)11(4,5)13/h8H2,1-7H3. The lowest BCUT2D eigenvalue weighted by atomic mass is 9.88. The first kappa shape index (κ1) is 14.4. The van der Waals surface area contributed by atoms with Crippen molar-refractivity contribution in [1.82, 2.24) is 0 Å². The highest BCUT2D eigenvalue weighted by molar-refractivity contribution is 5.76. The van der Waals surface area contributed by atoms with E-state index >= 15 is 0 Å². The lowest BCUT2D eigenvalue weighted by Crippen LogP contribution is -2.47. The molecule has 0 rings (SSSR count). The lowest BCUT2D eigenvalue weighted by Gasteiger charge is -2.37. The van der Waals surface area contributed by atoms with Crippen molar-refractivity contribution in [3.8, 4) is 0 Å². The highest BCUT2D eigenvalue weighted by Crippen LogP contribution is 2.32. The minimum Gasteiger partial charge on any atom is -0.456 e. The summed E-state index contributed by atoms with van der Waals surface area (Å²) < 4.78 is 19.0. The SMILES string of the molecule is CCC(C)(C)C(=O)OC(C)(C)C(C)(C)F. The number of rotatable bonds is 4. The van der Waals surface area contributed by atoms with E-state index < -0.39 is 16.7 Å². The van der Waals surface area contributed by atoms with Crippen LogP contribution in [-0.4, -0.2) is 17.2 Å². The molecule has 0 spiro atoms. The van der Waals surface area contributed by atoms with E-state index in [-0.39, 0.29) is 5.97 Å². The van der Waals surface area contributed by atoms with Gasteiger partial charge < -0.3 is 4.74 Å². The van der Waals surface area contributed by atoms with Gasteiger partial charge >= 0.3 is 5.97 Å². The highest BCUT2D eigenvalue weighted by atomic mass is 19.1. The van der Waals surface area contributed by atoms with Gasteiger partial charge in [-0.25, -0.2) is 4.39 Å². The zero-order valence-electron chi connectivity index (χ0n) is 10.9. The molecule has 0 saturated carbocycles. The van der Waals surface area contributed by atoms with Crippen molar-refractivity contribution in [2.75, 3.05) is 0 Å². The third kappa shape index (κ3) is 3.47. The number of hydrogen-bond acceptors (Lipinski definition) is 2. The molecule has 0 aromatic carbocycles. The molecule has 0 saturated heterocycles. The van der Waals surface area contributed by atoms with Crippen molar-refractivity contribution >= 4 is 5.97 Å². The number of ether oxygens (including phenoxy) is 1. The second-order valence-corrected chi connectivity index (χ2v) is 5.61. The van der Waals surface area contributed by atoms with Crippen LogP contribution < -0.4 is 0 Å². The molecule has 0 aliphatic carbocycles. The Morgan fingerprint density at radius 2 is 1.53 bits per heavy atom. The molecule has 15 heavy (non-hydrogen) atoms. The molecule has 0 aromatic rings. The van der Waals surface area contributed by atoms with Crippen LogP contribution in [0.4, 0.5) is 4.39 Å². The van der Waals surface area contributed by atoms with Crippen LogP contribution in [-0.2, 0) is 9.53 Å². The molecule has 90 valence electrons. The Balaban J connectivity index is 4.70. The first-order valence-corrected chi connectivity index (χ1v) is 5.36. The van der Waals surface area contributed by atoms with Crippen molar-refractivity contribution < 1.29 is 13.9 Å². The molecule has 0 heterocycles. The van der Waals surface area contributed by atoms with Crippen molar-refractivity contribution in [3.05, 3.63) is 0 Å². The molecule has 0 atom stereocenters. The summed E-state index contributed by atoms with van der Waals surface area (Å²) in [4.78, 5) is 11.8. The van der Waals surface area contributed by atoms with Crippen LogP contribution in [0.25, 0.3) is 0 Å². The largest absolute Gasteiger partial charge is 0.456 e. The number of carbonyl (C=O) groups excluding carboxylic acids is 1. The average Bonchev–Trinajstić information content (AvgIpc) is 2.01. The summed E-state index contributed by atoms with van der Waals surface area (Å²) in [5, 5.41) is 0. The van der Waals surface area contributed by atoms with E-state index in [1.165, 1.54) is 13.8 Å². The van der Waals surface area contributed by atoms with E-state index in [0.717, 1.165) is 0 Å². The molecule has 2 nitrogen and oxygen atoms in total. The van der Waals surface area contributed by atoms with Crippen LogP contribution in [0.2, 0.25) is 0 Å². The molecule has 0 amide bonds. The third-order valence-corrected chi connectivity index (χ3v) is 3.22. The fourth-order valence-electron chi connectivity index (χ4n) is 0.636. The summed E-state index contributed by atoms with van der Waals surface area (Å²) in [6.07, 6.45) is 0.675. The normalized spacial score (nSPS) is 13.9. The molecule has 0 aliphatic rings. The summed E-state index contributed by atoms with van der Waals surface area (Å²) in [5.74, 6) is -0.347. The summed E-state index contributed by atoms with van der Waals surface area (Å²) in [6.45, 7) is 11.5. The van der Waals surface area contributed by atoms with Gasteiger partial charge in [-0.15, -0.1) is 0 Å². The van der Waals surface area contributed by atoms with Crippen molar-refractivity contribution in [2.45, 2.75) is 66.2 Å². The van der Waals surface area contributed by atoms with Gasteiger partial charge in [-0.05, 0) is 48.0 Å². The lowest BCUT2D eigenvalue weighted by molar-refractivity contribution is -0.181. The van der Waals surface area contributed by atoms with E-state index in [4.69, 9.17) is 4.74 Å². The smallest absolute Gasteiger partial charge is 0.312 e. The second kappa shape index (κ2) is 4.11. The molecule has 0 N–H and O–H groups in total. The van der Waals surface area contributed by atoms with Crippen LogP contribution in [0, 0.1) is 5.41 Å². The topological polar surface area (TPSA) is 26.3 Å². The van der Waals surface area contributed by atoms with Crippen LogP contribution in [0.15, 0.2) is 0 Å². The first-order valence-electron chi connectivity index (χ1n) is 5.36. The Morgan fingerprint density at radius 1 is 1.13 bits per heavy atom. The number of esters is 1. The summed E-state index contributed by atoms with van der Waals surface area (Å²) in [6, 6.07) is 0. The molecule has 0 aliphatic heterocycles. The summed E-state index contributed by atoms with van der Waals surface area (Å²) in [7, 11) is 0. The van der Waals surface area contributed by atoms with Gasteiger partial charge in [0.15, 0.2) is 0 Å². The van der Waals surface area contributed by atoms with Crippen molar-refractivity contribution in [1.29, 1.82) is 0 Å². The molecule has 0 aromatic heterocycles. The van der Waals surface area contributed by atoms with Gasteiger partial charge in [-0.1, -0.05) is 6.92 Å². The predicted octanol–water partition coefficient (Wildman–Crippen LogP) is 3.49. The maximum Gasteiger partial charge on any atom is 0.312 e. The maximum absolute atomic E-state index is 13.7. The Morgan fingerprint density at radius 3 is 1.80 bits per heavy atom. The maximum atomic E-state index is 13.7. The van der Waals surface area contributed by atoms with E-state index in [1.807, 2.05) is 6.92 Å². The third-order valence-electron chi connectivity index (χ3n) is 3.22. The fraction of sp³-hybridized carbons (Fsp3) is 0.917. The zero-order chi connectivity index (χ0) is 12.5. The fourth-order valence-corrected chi connectivity index (χ4v) is 0.636. The van der Waals surface area contributed by atoms with E-state index in [1.54, 1.807) is 27.7 Å². The molecule has 0 radical (unpaired) electrons. The van der Waals surface area contributed by atoms with E-state index in [9.17, 15) is 9.18 Å². The molecule has 0 fully saturated rings. The summed E-state index contributed by atoms with van der Waals surface area (Å²) in [5.41, 5.74) is -3.20. The minimum atomic E-state index is -1.55. The van der Waals surface area contributed by atoms with Crippen LogP contribution in [0.1, 0.15) is 54.9 Å². The van der Waals surface area contributed by atoms with Gasteiger partial charge in [0.2, 0.25) is 0 Å². The molecule has 0 bridgehead atoms. The van der Waals surface area contributed by atoms with Crippen LogP contribution in [0.3, 0.4) is 0 Å². The zero-order valence-corrected chi connectivity index (χ0v) is 10.9. The van der Waals surface area contributed by atoms with Gasteiger partial charge in [0.1, 0.15) is 11.3 Å². The van der Waals surface area contributed by atoms with Gasteiger partial charge in [-0.3, -0.25) is 4.79 Å². The first-order chi connectivity index (χ1) is 6.44. The minimum absolute atomic E-state index is 0.347. The van der Waals surface area contributed by atoms with Crippen molar-refractivity contribution in [2.24, 2.45) is 5.41 Å². The number of carbonyl (C=O) groups is 1. The van der Waals surface area contributed by atoms with Crippen LogP contribution >= 0.6 is 0 Å². The average molecular weight is 218 g/mol. The van der Waals surface area contributed by atoms with Gasteiger partial charge in [0.05, 0.1) is 5.41 Å². The highest BCUT2D eigenvalue weighted by Gasteiger charge is 2.43.